The molecule has 0 aromatic heterocycles. The van der Waals surface area contributed by atoms with Crippen LogP contribution in [0.15, 0.2) is 10.2 Å². The monoisotopic (exact) mass is 306 g/mol. The average Bonchev–Trinajstić information content (AvgIpc) is 2.32. The molecule has 0 spiro atoms. The Morgan fingerprint density at radius 2 is 1.89 bits per heavy atom. The zero-order chi connectivity index (χ0) is 14.7. The molecular weight excluding hydrogens is 288 g/mol. The van der Waals surface area contributed by atoms with Crippen LogP contribution < -0.4 is 22.3 Å². The van der Waals surface area contributed by atoms with E-state index in [0.29, 0.717) is 18.9 Å². The summed E-state index contributed by atoms with van der Waals surface area (Å²) in [7, 11) is 1.59. The second kappa shape index (κ2) is 10.6. The number of nitrogens with one attached hydrogen (secondary N) is 2. The van der Waals surface area contributed by atoms with E-state index < -0.39 is 0 Å². The number of methoxy groups -OCH3 is 1. The molecule has 0 saturated heterocycles. The first-order valence-electron chi connectivity index (χ1n) is 5.29. The van der Waals surface area contributed by atoms with Crippen LogP contribution in [0.1, 0.15) is 6.92 Å². The lowest BCUT2D eigenvalue weighted by Gasteiger charge is -2.12. The highest BCUT2D eigenvalue weighted by Crippen LogP contribution is 1.93. The second-order valence-corrected chi connectivity index (χ2v) is 4.13. The molecule has 0 aliphatic carbocycles. The SMILES string of the molecule is COCCO[C@@H](C)C(/C=N/NC(N)=S)=N\NC(N)=S. The summed E-state index contributed by atoms with van der Waals surface area (Å²) in [6.45, 7) is 2.69. The van der Waals surface area contributed by atoms with Gasteiger partial charge in [0.15, 0.2) is 10.2 Å². The fourth-order valence-electron chi connectivity index (χ4n) is 0.900. The summed E-state index contributed by atoms with van der Waals surface area (Å²) < 4.78 is 10.4. The number of nitrogens with zero attached hydrogens (tertiary/aromatic N) is 2. The van der Waals surface area contributed by atoms with Crippen LogP contribution in [0.5, 0.6) is 0 Å². The van der Waals surface area contributed by atoms with E-state index in [-0.39, 0.29) is 16.3 Å². The molecule has 1 atom stereocenters. The maximum atomic E-state index is 5.47. The Morgan fingerprint density at radius 1 is 1.26 bits per heavy atom. The van der Waals surface area contributed by atoms with Crippen molar-refractivity contribution in [1.82, 2.24) is 10.9 Å². The molecule has 0 radical (unpaired) electrons. The number of hydrogen-bond acceptors (Lipinski definition) is 6. The van der Waals surface area contributed by atoms with Crippen molar-refractivity contribution in [2.75, 3.05) is 20.3 Å². The van der Waals surface area contributed by atoms with Crippen LogP contribution in [-0.4, -0.2) is 48.6 Å². The number of nitrogens with two attached hydrogens (primary N) is 2. The van der Waals surface area contributed by atoms with Crippen molar-refractivity contribution in [3.05, 3.63) is 0 Å². The van der Waals surface area contributed by atoms with E-state index in [4.69, 9.17) is 20.9 Å². The van der Waals surface area contributed by atoms with E-state index in [1.54, 1.807) is 14.0 Å². The third-order valence-corrected chi connectivity index (χ3v) is 1.92. The van der Waals surface area contributed by atoms with Crippen LogP contribution in [0.2, 0.25) is 0 Å². The number of hydrazone groups is 2. The van der Waals surface area contributed by atoms with Gasteiger partial charge in [-0.2, -0.15) is 10.2 Å². The molecule has 108 valence electrons. The van der Waals surface area contributed by atoms with Crippen LogP contribution in [-0.2, 0) is 9.47 Å². The van der Waals surface area contributed by atoms with Crippen LogP contribution in [0.25, 0.3) is 0 Å². The smallest absolute Gasteiger partial charge is 0.184 e. The molecule has 19 heavy (non-hydrogen) atoms. The van der Waals surface area contributed by atoms with Crippen molar-refractivity contribution >= 4 is 46.6 Å². The summed E-state index contributed by atoms with van der Waals surface area (Å²) in [5.41, 5.74) is 15.9. The number of thiocarbonyl (C=S) groups is 2. The topological polar surface area (TPSA) is 119 Å². The molecule has 0 fully saturated rings. The van der Waals surface area contributed by atoms with Gasteiger partial charge in [0.05, 0.1) is 19.4 Å². The second-order valence-electron chi connectivity index (χ2n) is 3.25. The van der Waals surface area contributed by atoms with Gasteiger partial charge in [-0.25, -0.2) is 0 Å². The van der Waals surface area contributed by atoms with Crippen LogP contribution in [0.4, 0.5) is 0 Å². The van der Waals surface area contributed by atoms with Gasteiger partial charge in [0.2, 0.25) is 0 Å². The zero-order valence-electron chi connectivity index (χ0n) is 10.8. The van der Waals surface area contributed by atoms with E-state index >= 15 is 0 Å². The van der Waals surface area contributed by atoms with Crippen molar-refractivity contribution in [2.45, 2.75) is 13.0 Å². The zero-order valence-corrected chi connectivity index (χ0v) is 12.4. The van der Waals surface area contributed by atoms with E-state index in [1.165, 1.54) is 6.21 Å². The summed E-state index contributed by atoms with van der Waals surface area (Å²) >= 11 is 9.27. The molecule has 0 heterocycles. The average molecular weight is 306 g/mol. The lowest BCUT2D eigenvalue weighted by atomic mass is 10.2. The lowest BCUT2D eigenvalue weighted by Crippen LogP contribution is -2.32. The summed E-state index contributed by atoms with van der Waals surface area (Å²) in [6, 6.07) is 0. The van der Waals surface area contributed by atoms with E-state index in [0.717, 1.165) is 0 Å². The molecule has 0 bridgehead atoms. The first kappa shape index (κ1) is 17.6. The molecule has 0 unspecified atom stereocenters. The lowest BCUT2D eigenvalue weighted by molar-refractivity contribution is 0.0559. The number of hydrogen-bond donors (Lipinski definition) is 4. The molecule has 6 N–H and O–H groups in total. The number of rotatable bonds is 8. The third kappa shape index (κ3) is 10.3. The van der Waals surface area contributed by atoms with Gasteiger partial charge < -0.3 is 20.9 Å². The Labute approximate surface area is 122 Å². The Morgan fingerprint density at radius 3 is 2.42 bits per heavy atom. The molecule has 0 aromatic carbocycles. The van der Waals surface area contributed by atoms with E-state index in [9.17, 15) is 0 Å². The molecule has 0 amide bonds. The van der Waals surface area contributed by atoms with Crippen molar-refractivity contribution in [3.63, 3.8) is 0 Å². The fourth-order valence-corrected chi connectivity index (χ4v) is 0.998. The molecule has 8 nitrogen and oxygen atoms in total. The molecule has 0 aliphatic heterocycles. The summed E-state index contributed by atoms with van der Waals surface area (Å²) in [5, 5.41) is 7.84. The quantitative estimate of drug-likeness (QED) is 0.196. The minimum absolute atomic E-state index is 0.0392. The Kier molecular flexibility index (Phi) is 9.80. The maximum absolute atomic E-state index is 5.47. The first-order chi connectivity index (χ1) is 8.97. The summed E-state index contributed by atoms with van der Waals surface area (Å²) in [4.78, 5) is 0. The van der Waals surface area contributed by atoms with Gasteiger partial charge in [0.1, 0.15) is 11.8 Å². The predicted molar refractivity (Wildman–Crippen MR) is 83.1 cm³/mol. The third-order valence-electron chi connectivity index (χ3n) is 1.74. The Bertz CT molecular complexity index is 361. The van der Waals surface area contributed by atoms with Crippen molar-refractivity contribution in [2.24, 2.45) is 21.7 Å². The van der Waals surface area contributed by atoms with Gasteiger partial charge in [-0.05, 0) is 31.4 Å². The first-order valence-corrected chi connectivity index (χ1v) is 6.11. The van der Waals surface area contributed by atoms with Crippen LogP contribution in [0.3, 0.4) is 0 Å². The van der Waals surface area contributed by atoms with Gasteiger partial charge >= 0.3 is 0 Å². The highest BCUT2D eigenvalue weighted by Gasteiger charge is 2.09. The van der Waals surface area contributed by atoms with Crippen LogP contribution >= 0.6 is 24.4 Å². The summed E-state index contributed by atoms with van der Waals surface area (Å²) in [5.74, 6) is 0. The highest BCUT2D eigenvalue weighted by molar-refractivity contribution is 7.80. The largest absolute Gasteiger partial charge is 0.382 e. The molecule has 0 aliphatic rings. The molecule has 10 heteroatoms. The Balaban J connectivity index is 4.55. The van der Waals surface area contributed by atoms with E-state index in [1.807, 2.05) is 0 Å². The Hall–Kier alpha value is -1.36. The molecule has 0 aromatic rings. The fraction of sp³-hybridized carbons (Fsp3) is 0.556. The maximum Gasteiger partial charge on any atom is 0.184 e. The van der Waals surface area contributed by atoms with Gasteiger partial charge in [-0.1, -0.05) is 0 Å². The predicted octanol–water partition coefficient (Wildman–Crippen LogP) is -0.954. The highest BCUT2D eigenvalue weighted by atomic mass is 32.1. The summed E-state index contributed by atoms with van der Waals surface area (Å²) in [6.07, 6.45) is 1.07. The minimum atomic E-state index is -0.339. The normalized spacial score (nSPS) is 13.3. The molecule has 0 saturated carbocycles. The van der Waals surface area contributed by atoms with Gasteiger partial charge in [-0.15, -0.1) is 0 Å². The number of ether oxygens (including phenoxy) is 2. The standard InChI is InChI=1S/C9H18N6O2S2/c1-6(17-4-3-16-2)7(13-15-9(11)19)5-12-14-8(10)18/h5-6H,3-4H2,1-2H3,(H3,10,14,18)(H3,11,15,19)/b12-5+,13-7-/t6-/m0/s1. The van der Waals surface area contributed by atoms with Crippen LogP contribution in [0, 0.1) is 0 Å². The minimum Gasteiger partial charge on any atom is -0.382 e. The molecular formula is C9H18N6O2S2. The molecule has 0 rings (SSSR count). The van der Waals surface area contributed by atoms with Gasteiger partial charge in [-0.3, -0.25) is 10.9 Å². The van der Waals surface area contributed by atoms with Gasteiger partial charge in [0, 0.05) is 7.11 Å². The van der Waals surface area contributed by atoms with Crippen molar-refractivity contribution in [3.8, 4) is 0 Å². The van der Waals surface area contributed by atoms with Crippen molar-refractivity contribution in [1.29, 1.82) is 0 Å². The van der Waals surface area contributed by atoms with Gasteiger partial charge in [0.25, 0.3) is 0 Å². The van der Waals surface area contributed by atoms with E-state index in [2.05, 4.69) is 45.5 Å². The van der Waals surface area contributed by atoms with Crippen molar-refractivity contribution < 1.29 is 9.47 Å².